The molecular formula is C28H24FN3O3S. The van der Waals surface area contributed by atoms with Crippen molar-refractivity contribution in [3.8, 4) is 5.75 Å². The number of rotatable bonds is 6. The van der Waals surface area contributed by atoms with Crippen LogP contribution in [0.5, 0.6) is 5.75 Å². The van der Waals surface area contributed by atoms with E-state index < -0.39 is 11.7 Å². The molecule has 3 aromatic carbocycles. The van der Waals surface area contributed by atoms with Crippen molar-refractivity contribution in [2.75, 3.05) is 11.9 Å². The fraction of sp³-hybridized carbons (Fsp3) is 0.179. The zero-order chi connectivity index (χ0) is 25.1. The summed E-state index contributed by atoms with van der Waals surface area (Å²) in [6.07, 6.45) is 0.787. The third-order valence-corrected chi connectivity index (χ3v) is 6.92. The van der Waals surface area contributed by atoms with Crippen LogP contribution in [0.15, 0.2) is 78.2 Å². The van der Waals surface area contributed by atoms with Crippen LogP contribution in [0, 0.1) is 5.82 Å². The summed E-state index contributed by atoms with van der Waals surface area (Å²) in [6, 6.07) is 21.5. The fourth-order valence-electron chi connectivity index (χ4n) is 4.40. The predicted molar refractivity (Wildman–Crippen MR) is 137 cm³/mol. The first-order valence-corrected chi connectivity index (χ1v) is 12.4. The number of hydrogen-bond acceptors (Lipinski definition) is 5. The van der Waals surface area contributed by atoms with Crippen LogP contribution in [0.1, 0.15) is 45.2 Å². The maximum absolute atomic E-state index is 13.4. The lowest BCUT2D eigenvalue weighted by Crippen LogP contribution is -2.39. The van der Waals surface area contributed by atoms with Gasteiger partial charge in [-0.1, -0.05) is 42.5 Å². The van der Waals surface area contributed by atoms with Crippen LogP contribution in [0.3, 0.4) is 0 Å². The molecule has 1 aliphatic heterocycles. The van der Waals surface area contributed by atoms with E-state index >= 15 is 0 Å². The number of aromatic nitrogens is 1. The molecule has 4 aromatic rings. The average Bonchev–Trinajstić information content (AvgIpc) is 3.36. The zero-order valence-electron chi connectivity index (χ0n) is 19.6. The van der Waals surface area contributed by atoms with Crippen LogP contribution in [0.2, 0.25) is 0 Å². The molecule has 0 spiro atoms. The van der Waals surface area contributed by atoms with Crippen molar-refractivity contribution in [1.82, 2.24) is 9.88 Å². The van der Waals surface area contributed by atoms with Crippen molar-refractivity contribution in [2.24, 2.45) is 0 Å². The van der Waals surface area contributed by atoms with Gasteiger partial charge in [-0.05, 0) is 53.4 Å². The Bertz CT molecular complexity index is 1410. The quantitative estimate of drug-likeness (QED) is 0.373. The number of nitrogens with zero attached hydrogens (tertiary/aromatic N) is 2. The van der Waals surface area contributed by atoms with E-state index in [4.69, 9.17) is 4.74 Å². The molecule has 0 saturated heterocycles. The maximum atomic E-state index is 13.4. The summed E-state index contributed by atoms with van der Waals surface area (Å²) >= 11 is 1.32. The number of fused-ring (bicyclic) bond motifs is 1. The minimum Gasteiger partial charge on any atom is -0.486 e. The average molecular weight is 502 g/mol. The van der Waals surface area contributed by atoms with E-state index in [0.717, 1.165) is 17.5 Å². The minimum atomic E-state index is -0.425. The zero-order valence-corrected chi connectivity index (χ0v) is 20.4. The molecule has 2 amide bonds. The van der Waals surface area contributed by atoms with E-state index in [-0.39, 0.29) is 24.2 Å². The van der Waals surface area contributed by atoms with Crippen molar-refractivity contribution in [1.29, 1.82) is 0 Å². The van der Waals surface area contributed by atoms with Gasteiger partial charge in [0, 0.05) is 24.5 Å². The minimum absolute atomic E-state index is 0.0349. The number of anilines is 1. The fourth-order valence-corrected chi connectivity index (χ4v) is 5.09. The molecule has 1 N–H and O–H groups in total. The number of carbonyl (C=O) groups excluding carboxylic acids is 2. The van der Waals surface area contributed by atoms with Gasteiger partial charge in [-0.25, -0.2) is 9.37 Å². The van der Waals surface area contributed by atoms with Crippen LogP contribution in [-0.4, -0.2) is 28.2 Å². The number of carbonyl (C=O) groups is 2. The Hall–Kier alpha value is -4.04. The molecule has 36 heavy (non-hydrogen) atoms. The summed E-state index contributed by atoms with van der Waals surface area (Å²) in [5, 5.41) is 4.94. The SMILES string of the molecule is CC(=O)N1CCc2ccc(OCc3nc(C(=O)Nc4cccc(F)c4)cs3)cc2C1c1ccccc1. The standard InChI is InChI=1S/C28H24FN3O3S/c1-18(33)32-13-12-19-10-11-23(15-24(19)27(32)20-6-3-2-4-7-20)35-16-26-31-25(17-36-26)28(34)30-22-9-5-8-21(29)14-22/h2-11,14-15,17,27H,12-13,16H2,1H3,(H,30,34). The Morgan fingerprint density at radius 2 is 1.94 bits per heavy atom. The molecule has 8 heteroatoms. The molecule has 0 radical (unpaired) electrons. The Kier molecular flexibility index (Phi) is 6.77. The van der Waals surface area contributed by atoms with E-state index in [9.17, 15) is 14.0 Å². The number of ether oxygens (including phenoxy) is 1. The number of hydrogen-bond donors (Lipinski definition) is 1. The van der Waals surface area contributed by atoms with Gasteiger partial charge in [0.15, 0.2) is 0 Å². The highest BCUT2D eigenvalue weighted by Gasteiger charge is 2.30. The number of benzene rings is 3. The van der Waals surface area contributed by atoms with Crippen molar-refractivity contribution >= 4 is 28.8 Å². The molecule has 6 nitrogen and oxygen atoms in total. The largest absolute Gasteiger partial charge is 0.486 e. The van der Waals surface area contributed by atoms with Gasteiger partial charge in [0.1, 0.15) is 28.9 Å². The Morgan fingerprint density at radius 1 is 1.11 bits per heavy atom. The first kappa shape index (κ1) is 23.7. The molecule has 1 aromatic heterocycles. The van der Waals surface area contributed by atoms with Crippen LogP contribution < -0.4 is 10.1 Å². The van der Waals surface area contributed by atoms with Crippen LogP contribution in [0.25, 0.3) is 0 Å². The first-order valence-electron chi connectivity index (χ1n) is 11.6. The number of nitrogens with one attached hydrogen (secondary N) is 1. The molecular weight excluding hydrogens is 477 g/mol. The van der Waals surface area contributed by atoms with E-state index in [1.165, 1.54) is 35.1 Å². The van der Waals surface area contributed by atoms with Gasteiger partial charge < -0.3 is 15.0 Å². The molecule has 0 bridgehead atoms. The summed E-state index contributed by atoms with van der Waals surface area (Å²) in [7, 11) is 0. The highest BCUT2D eigenvalue weighted by molar-refractivity contribution is 7.09. The third-order valence-electron chi connectivity index (χ3n) is 6.09. The first-order chi connectivity index (χ1) is 17.5. The lowest BCUT2D eigenvalue weighted by molar-refractivity contribution is -0.130. The van der Waals surface area contributed by atoms with Crippen molar-refractivity contribution in [3.63, 3.8) is 0 Å². The third kappa shape index (κ3) is 5.13. The Balaban J connectivity index is 1.31. The molecule has 2 heterocycles. The molecule has 0 aliphatic carbocycles. The second-order valence-electron chi connectivity index (χ2n) is 8.52. The molecule has 182 valence electrons. The lowest BCUT2D eigenvalue weighted by atomic mass is 9.88. The summed E-state index contributed by atoms with van der Waals surface area (Å²) in [5.41, 5.74) is 3.91. The van der Waals surface area contributed by atoms with Gasteiger partial charge in [-0.3, -0.25) is 9.59 Å². The van der Waals surface area contributed by atoms with Gasteiger partial charge in [-0.2, -0.15) is 0 Å². The topological polar surface area (TPSA) is 71.5 Å². The van der Waals surface area contributed by atoms with Crippen molar-refractivity contribution in [3.05, 3.63) is 111 Å². The van der Waals surface area contributed by atoms with Gasteiger partial charge in [0.2, 0.25) is 5.91 Å². The lowest BCUT2D eigenvalue weighted by Gasteiger charge is -2.37. The van der Waals surface area contributed by atoms with Crippen LogP contribution >= 0.6 is 11.3 Å². The van der Waals surface area contributed by atoms with Crippen molar-refractivity contribution in [2.45, 2.75) is 26.0 Å². The van der Waals surface area contributed by atoms with Crippen molar-refractivity contribution < 1.29 is 18.7 Å². The van der Waals surface area contributed by atoms with E-state index in [2.05, 4.69) is 16.4 Å². The molecule has 0 fully saturated rings. The number of thiazole rings is 1. The summed E-state index contributed by atoms with van der Waals surface area (Å²) in [5.74, 6) is -0.133. The number of halogens is 1. The van der Waals surface area contributed by atoms with Gasteiger partial charge in [0.25, 0.3) is 5.91 Å². The smallest absolute Gasteiger partial charge is 0.275 e. The maximum Gasteiger partial charge on any atom is 0.275 e. The molecule has 1 atom stereocenters. The highest BCUT2D eigenvalue weighted by Crippen LogP contribution is 2.37. The van der Waals surface area contributed by atoms with Crippen LogP contribution in [0.4, 0.5) is 10.1 Å². The second-order valence-corrected chi connectivity index (χ2v) is 9.46. The molecule has 5 rings (SSSR count). The molecule has 1 unspecified atom stereocenters. The summed E-state index contributed by atoms with van der Waals surface area (Å²) in [4.78, 5) is 31.1. The Morgan fingerprint density at radius 3 is 2.72 bits per heavy atom. The van der Waals surface area contributed by atoms with E-state index in [1.54, 1.807) is 18.4 Å². The normalized spacial score (nSPS) is 14.7. The van der Waals surface area contributed by atoms with E-state index in [0.29, 0.717) is 23.0 Å². The summed E-state index contributed by atoms with van der Waals surface area (Å²) < 4.78 is 19.4. The predicted octanol–water partition coefficient (Wildman–Crippen LogP) is 5.61. The van der Waals surface area contributed by atoms with Gasteiger partial charge in [-0.15, -0.1) is 11.3 Å². The van der Waals surface area contributed by atoms with Gasteiger partial charge >= 0.3 is 0 Å². The monoisotopic (exact) mass is 501 g/mol. The Labute approximate surface area is 212 Å². The summed E-state index contributed by atoms with van der Waals surface area (Å²) in [6.45, 7) is 2.47. The highest BCUT2D eigenvalue weighted by atomic mass is 32.1. The molecule has 0 saturated carbocycles. The number of amides is 2. The molecule has 1 aliphatic rings. The second kappa shape index (κ2) is 10.3. The van der Waals surface area contributed by atoms with Crippen LogP contribution in [-0.2, 0) is 17.8 Å². The van der Waals surface area contributed by atoms with Gasteiger partial charge in [0.05, 0.1) is 6.04 Å². The van der Waals surface area contributed by atoms with E-state index in [1.807, 2.05) is 47.4 Å².